The predicted molar refractivity (Wildman–Crippen MR) is 207 cm³/mol. The lowest BCUT2D eigenvalue weighted by Crippen LogP contribution is -2.54. The molecule has 0 N–H and O–H groups in total. The molecule has 0 fully saturated rings. The van der Waals surface area contributed by atoms with E-state index in [2.05, 4.69) is 0 Å². The van der Waals surface area contributed by atoms with Crippen molar-refractivity contribution in [1.29, 1.82) is 0 Å². The summed E-state index contributed by atoms with van der Waals surface area (Å²) in [6.45, 7) is 13.3. The van der Waals surface area contributed by atoms with Gasteiger partial charge in [-0.05, 0) is 93.5 Å². The molecule has 0 aromatic heterocycles. The zero-order valence-electron chi connectivity index (χ0n) is 34.6. The van der Waals surface area contributed by atoms with E-state index in [0.717, 1.165) is 24.3 Å². The standard InChI is InChI=1S/C44H54F6O9/c1-29(2)36(28-40(5,6)38(52)58-26-23-54-33-12-10-9-11-13-33)37(51)57-25-22-55-34-18-14-31(15-19-34)42(43(45,46)47,44(48,49)50)32-16-20-35(21-17-32)56-24-27-59-39(53)41(7,8)30(3)4/h9-21,29-30,36H,22-28H2,1-8H3. The van der Waals surface area contributed by atoms with Crippen LogP contribution in [0.15, 0.2) is 78.9 Å². The first-order valence-corrected chi connectivity index (χ1v) is 19.2. The Balaban J connectivity index is 1.61. The Bertz CT molecular complexity index is 1770. The van der Waals surface area contributed by atoms with E-state index in [1.165, 1.54) is 0 Å². The molecule has 0 spiro atoms. The van der Waals surface area contributed by atoms with Gasteiger partial charge < -0.3 is 28.4 Å². The largest absolute Gasteiger partial charge is 0.490 e. The molecular weight excluding hydrogens is 786 g/mol. The maximum Gasteiger partial charge on any atom is 0.411 e. The lowest BCUT2D eigenvalue weighted by Gasteiger charge is -2.38. The molecule has 0 bridgehead atoms. The van der Waals surface area contributed by atoms with Gasteiger partial charge in [-0.2, -0.15) is 26.3 Å². The highest BCUT2D eigenvalue weighted by Gasteiger charge is 2.72. The van der Waals surface area contributed by atoms with Gasteiger partial charge in [-0.1, -0.05) is 70.2 Å². The first kappa shape index (κ1) is 48.4. The monoisotopic (exact) mass is 840 g/mol. The van der Waals surface area contributed by atoms with E-state index in [4.69, 9.17) is 28.4 Å². The summed E-state index contributed by atoms with van der Waals surface area (Å²) in [4.78, 5) is 38.3. The van der Waals surface area contributed by atoms with Crippen LogP contribution in [0, 0.1) is 28.6 Å². The summed E-state index contributed by atoms with van der Waals surface area (Å²) < 4.78 is 121. The molecule has 0 amide bonds. The van der Waals surface area contributed by atoms with Gasteiger partial charge in [0.15, 0.2) is 0 Å². The lowest BCUT2D eigenvalue weighted by molar-refractivity contribution is -0.288. The minimum Gasteiger partial charge on any atom is -0.490 e. The number of para-hydroxylation sites is 1. The topological polar surface area (TPSA) is 107 Å². The Morgan fingerprint density at radius 1 is 0.525 bits per heavy atom. The van der Waals surface area contributed by atoms with Crippen LogP contribution in [-0.4, -0.2) is 69.9 Å². The molecule has 15 heteroatoms. The lowest BCUT2D eigenvalue weighted by atomic mass is 9.73. The van der Waals surface area contributed by atoms with Gasteiger partial charge in [0.25, 0.3) is 0 Å². The number of rotatable bonds is 21. The average Bonchev–Trinajstić information content (AvgIpc) is 3.16. The molecule has 0 saturated carbocycles. The van der Waals surface area contributed by atoms with Crippen molar-refractivity contribution in [3.8, 4) is 17.2 Å². The third-order valence-corrected chi connectivity index (χ3v) is 10.3. The second-order valence-electron chi connectivity index (χ2n) is 15.9. The number of carbonyl (C=O) groups excluding carboxylic acids is 3. The molecule has 0 aliphatic heterocycles. The number of hydrogen-bond acceptors (Lipinski definition) is 9. The molecule has 0 saturated heterocycles. The van der Waals surface area contributed by atoms with Crippen molar-refractivity contribution in [3.63, 3.8) is 0 Å². The smallest absolute Gasteiger partial charge is 0.411 e. The van der Waals surface area contributed by atoms with E-state index in [-0.39, 0.29) is 69.4 Å². The Morgan fingerprint density at radius 2 is 0.915 bits per heavy atom. The molecule has 326 valence electrons. The third kappa shape index (κ3) is 12.5. The molecule has 1 unspecified atom stereocenters. The number of hydrogen-bond donors (Lipinski definition) is 0. The summed E-state index contributed by atoms with van der Waals surface area (Å²) in [5.41, 5.74) is -8.43. The summed E-state index contributed by atoms with van der Waals surface area (Å²) >= 11 is 0. The summed E-state index contributed by atoms with van der Waals surface area (Å²) in [6.07, 6.45) is -11.5. The van der Waals surface area contributed by atoms with Crippen molar-refractivity contribution in [2.75, 3.05) is 39.6 Å². The predicted octanol–water partition coefficient (Wildman–Crippen LogP) is 9.93. The molecule has 0 aliphatic rings. The van der Waals surface area contributed by atoms with Gasteiger partial charge in [0.05, 0.1) is 16.7 Å². The van der Waals surface area contributed by atoms with Crippen LogP contribution < -0.4 is 14.2 Å². The van der Waals surface area contributed by atoms with E-state index in [9.17, 15) is 40.7 Å². The van der Waals surface area contributed by atoms with Crippen LogP contribution in [0.5, 0.6) is 17.2 Å². The molecule has 0 radical (unpaired) electrons. The summed E-state index contributed by atoms with van der Waals surface area (Å²) in [5.74, 6) is -2.02. The van der Waals surface area contributed by atoms with Crippen LogP contribution in [0.3, 0.4) is 0 Å². The highest BCUT2D eigenvalue weighted by atomic mass is 19.4. The van der Waals surface area contributed by atoms with Crippen LogP contribution in [0.4, 0.5) is 26.3 Å². The first-order valence-electron chi connectivity index (χ1n) is 19.2. The summed E-state index contributed by atoms with van der Waals surface area (Å²) in [6, 6.07) is 15.7. The number of alkyl halides is 6. The van der Waals surface area contributed by atoms with Crippen molar-refractivity contribution in [2.24, 2.45) is 28.6 Å². The molecule has 0 aliphatic carbocycles. The fourth-order valence-electron chi connectivity index (χ4n) is 5.94. The minimum atomic E-state index is -5.82. The molecular formula is C44H54F6O9. The first-order chi connectivity index (χ1) is 27.4. The van der Waals surface area contributed by atoms with Crippen molar-refractivity contribution < 1.29 is 69.1 Å². The Labute approximate surface area is 341 Å². The quantitative estimate of drug-likeness (QED) is 0.0449. The molecule has 59 heavy (non-hydrogen) atoms. The zero-order valence-corrected chi connectivity index (χ0v) is 34.6. The number of benzene rings is 3. The maximum atomic E-state index is 14.7. The third-order valence-electron chi connectivity index (χ3n) is 10.3. The van der Waals surface area contributed by atoms with E-state index in [1.807, 2.05) is 32.0 Å². The van der Waals surface area contributed by atoms with Crippen molar-refractivity contribution in [1.82, 2.24) is 0 Å². The second kappa shape index (κ2) is 20.3. The van der Waals surface area contributed by atoms with E-state index < -0.39 is 63.6 Å². The molecule has 0 heterocycles. The van der Waals surface area contributed by atoms with Crippen LogP contribution in [0.2, 0.25) is 0 Å². The van der Waals surface area contributed by atoms with Crippen LogP contribution >= 0.6 is 0 Å². The molecule has 1 atom stereocenters. The molecule has 9 nitrogen and oxygen atoms in total. The van der Waals surface area contributed by atoms with Crippen molar-refractivity contribution in [2.45, 2.75) is 79.6 Å². The van der Waals surface area contributed by atoms with Crippen LogP contribution in [0.25, 0.3) is 0 Å². The van der Waals surface area contributed by atoms with Crippen molar-refractivity contribution in [3.05, 3.63) is 90.0 Å². The SMILES string of the molecule is CC(C)C(CC(C)(C)C(=O)OCCOc1ccccc1)C(=O)OCCOc1ccc(C(c2ccc(OCCOC(=O)C(C)(C)C(C)C)cc2)(C(F)(F)F)C(F)(F)F)cc1. The Morgan fingerprint density at radius 3 is 1.31 bits per heavy atom. The Hall–Kier alpha value is -4.95. The molecule has 3 aromatic carbocycles. The highest BCUT2D eigenvalue weighted by molar-refractivity contribution is 5.78. The molecule has 3 rings (SSSR count). The van der Waals surface area contributed by atoms with E-state index in [0.29, 0.717) is 30.0 Å². The summed E-state index contributed by atoms with van der Waals surface area (Å²) in [7, 11) is 0. The zero-order chi connectivity index (χ0) is 44.2. The van der Waals surface area contributed by atoms with Gasteiger partial charge in [0.2, 0.25) is 5.41 Å². The fourth-order valence-corrected chi connectivity index (χ4v) is 5.94. The van der Waals surface area contributed by atoms with E-state index >= 15 is 0 Å². The molecule has 3 aromatic rings. The van der Waals surface area contributed by atoms with Gasteiger partial charge in [-0.15, -0.1) is 0 Å². The number of ether oxygens (including phenoxy) is 6. The Kier molecular flexibility index (Phi) is 16.7. The summed E-state index contributed by atoms with van der Waals surface area (Å²) in [5, 5.41) is 0. The number of halogens is 6. The average molecular weight is 841 g/mol. The van der Waals surface area contributed by atoms with E-state index in [1.54, 1.807) is 53.7 Å². The highest BCUT2D eigenvalue weighted by Crippen LogP contribution is 2.56. The van der Waals surface area contributed by atoms with Gasteiger partial charge in [-0.3, -0.25) is 14.4 Å². The van der Waals surface area contributed by atoms with Gasteiger partial charge in [-0.25, -0.2) is 0 Å². The van der Waals surface area contributed by atoms with Crippen LogP contribution in [-0.2, 0) is 34.0 Å². The van der Waals surface area contributed by atoms with Gasteiger partial charge in [0.1, 0.15) is 56.9 Å². The van der Waals surface area contributed by atoms with Crippen LogP contribution in [0.1, 0.15) is 72.9 Å². The van der Waals surface area contributed by atoms with Gasteiger partial charge >= 0.3 is 30.3 Å². The van der Waals surface area contributed by atoms with Gasteiger partial charge in [0, 0.05) is 0 Å². The minimum absolute atomic E-state index is 0.00213. The fraction of sp³-hybridized carbons (Fsp3) is 0.523. The van der Waals surface area contributed by atoms with Crippen molar-refractivity contribution >= 4 is 17.9 Å². The number of esters is 3. The second-order valence-corrected chi connectivity index (χ2v) is 15.9. The number of carbonyl (C=O) groups is 3. The maximum absolute atomic E-state index is 14.7. The normalized spacial score (nSPS) is 13.2.